The smallest absolute Gasteiger partial charge is 0.256 e. The third kappa shape index (κ3) is 3.60. The number of amides is 1. The molecule has 1 N–H and O–H groups in total. The molecule has 0 bridgehead atoms. The van der Waals surface area contributed by atoms with Crippen molar-refractivity contribution in [3.05, 3.63) is 51.4 Å². The SMILES string of the molecule is CCCCC(=O)N1CCc2nc(-c3ccc(F)c(F)c3)[nH]c(=O)c2C1. The molecule has 1 amide bonds. The van der Waals surface area contributed by atoms with Gasteiger partial charge in [0.05, 0.1) is 17.8 Å². The van der Waals surface area contributed by atoms with Gasteiger partial charge >= 0.3 is 0 Å². The minimum absolute atomic E-state index is 0.0385. The molecule has 0 aliphatic carbocycles. The normalized spacial score (nSPS) is 13.6. The molecule has 0 spiro atoms. The Bertz CT molecular complexity index is 864. The molecule has 2 aromatic rings. The van der Waals surface area contributed by atoms with Crippen LogP contribution in [-0.2, 0) is 17.8 Å². The van der Waals surface area contributed by atoms with Crippen LogP contribution in [0.15, 0.2) is 23.0 Å². The van der Waals surface area contributed by atoms with E-state index in [0.29, 0.717) is 36.2 Å². The summed E-state index contributed by atoms with van der Waals surface area (Å²) in [6.45, 7) is 2.76. The summed E-state index contributed by atoms with van der Waals surface area (Å²) in [4.78, 5) is 33.2. The standard InChI is InChI=1S/C18H19F2N3O2/c1-2-3-4-16(24)23-8-7-15-12(10-23)18(25)22-17(21-15)11-5-6-13(19)14(20)9-11/h5-6,9H,2-4,7-8,10H2,1H3,(H,21,22,25). The Morgan fingerprint density at radius 1 is 1.32 bits per heavy atom. The molecule has 2 heterocycles. The van der Waals surface area contributed by atoms with Gasteiger partial charge in [-0.15, -0.1) is 0 Å². The summed E-state index contributed by atoms with van der Waals surface area (Å²) < 4.78 is 26.5. The van der Waals surface area contributed by atoms with Crippen LogP contribution < -0.4 is 5.56 Å². The maximum Gasteiger partial charge on any atom is 0.256 e. The van der Waals surface area contributed by atoms with Crippen molar-refractivity contribution in [1.29, 1.82) is 0 Å². The van der Waals surface area contributed by atoms with Gasteiger partial charge in [-0.25, -0.2) is 13.8 Å². The molecule has 1 aromatic carbocycles. The number of benzene rings is 1. The summed E-state index contributed by atoms with van der Waals surface area (Å²) in [6, 6.07) is 3.37. The van der Waals surface area contributed by atoms with Gasteiger partial charge in [0.2, 0.25) is 5.91 Å². The van der Waals surface area contributed by atoms with Crippen molar-refractivity contribution in [2.45, 2.75) is 39.2 Å². The monoisotopic (exact) mass is 347 g/mol. The molecule has 0 unspecified atom stereocenters. The molecule has 1 aliphatic rings. The highest BCUT2D eigenvalue weighted by atomic mass is 19.2. The fraction of sp³-hybridized carbons (Fsp3) is 0.389. The molecule has 0 fully saturated rings. The third-order valence-corrected chi connectivity index (χ3v) is 4.36. The number of carbonyl (C=O) groups excluding carboxylic acids is 1. The van der Waals surface area contributed by atoms with Gasteiger partial charge in [-0.3, -0.25) is 9.59 Å². The number of nitrogens with one attached hydrogen (secondary N) is 1. The molecule has 0 saturated heterocycles. The highest BCUT2D eigenvalue weighted by molar-refractivity contribution is 5.76. The van der Waals surface area contributed by atoms with Crippen LogP contribution in [0.2, 0.25) is 0 Å². The molecule has 0 radical (unpaired) electrons. The summed E-state index contributed by atoms with van der Waals surface area (Å²) >= 11 is 0. The zero-order valence-corrected chi connectivity index (χ0v) is 13.9. The van der Waals surface area contributed by atoms with E-state index in [9.17, 15) is 18.4 Å². The Morgan fingerprint density at radius 3 is 2.84 bits per heavy atom. The van der Waals surface area contributed by atoms with Crippen molar-refractivity contribution in [3.8, 4) is 11.4 Å². The van der Waals surface area contributed by atoms with E-state index in [1.165, 1.54) is 6.07 Å². The lowest BCUT2D eigenvalue weighted by Gasteiger charge is -2.28. The van der Waals surface area contributed by atoms with Crippen molar-refractivity contribution in [3.63, 3.8) is 0 Å². The minimum Gasteiger partial charge on any atom is -0.338 e. The van der Waals surface area contributed by atoms with Crippen LogP contribution in [0.1, 0.15) is 37.4 Å². The second-order valence-electron chi connectivity index (χ2n) is 6.14. The van der Waals surface area contributed by atoms with Gasteiger partial charge in [-0.2, -0.15) is 0 Å². The number of aromatic nitrogens is 2. The molecule has 25 heavy (non-hydrogen) atoms. The number of H-pyrrole nitrogens is 1. The maximum atomic E-state index is 13.4. The molecular formula is C18H19F2N3O2. The number of fused-ring (bicyclic) bond motifs is 1. The van der Waals surface area contributed by atoms with Crippen molar-refractivity contribution in [1.82, 2.24) is 14.9 Å². The van der Waals surface area contributed by atoms with Crippen molar-refractivity contribution in [2.24, 2.45) is 0 Å². The van der Waals surface area contributed by atoms with Gasteiger partial charge in [-0.1, -0.05) is 13.3 Å². The zero-order valence-electron chi connectivity index (χ0n) is 13.9. The Morgan fingerprint density at radius 2 is 2.12 bits per heavy atom. The topological polar surface area (TPSA) is 66.1 Å². The third-order valence-electron chi connectivity index (χ3n) is 4.36. The number of aromatic amines is 1. The van der Waals surface area contributed by atoms with E-state index in [1.807, 2.05) is 6.92 Å². The highest BCUT2D eigenvalue weighted by Crippen LogP contribution is 2.21. The molecule has 1 aromatic heterocycles. The van der Waals surface area contributed by atoms with Crippen LogP contribution in [0.3, 0.4) is 0 Å². The average molecular weight is 347 g/mol. The van der Waals surface area contributed by atoms with E-state index in [0.717, 1.165) is 25.0 Å². The number of hydrogen-bond donors (Lipinski definition) is 1. The Balaban J connectivity index is 1.87. The highest BCUT2D eigenvalue weighted by Gasteiger charge is 2.24. The fourth-order valence-electron chi connectivity index (χ4n) is 2.90. The Kier molecular flexibility index (Phi) is 4.92. The lowest BCUT2D eigenvalue weighted by molar-refractivity contribution is -0.132. The number of carbonyl (C=O) groups is 1. The second kappa shape index (κ2) is 7.13. The van der Waals surface area contributed by atoms with Crippen molar-refractivity contribution >= 4 is 5.91 Å². The van der Waals surface area contributed by atoms with E-state index in [2.05, 4.69) is 9.97 Å². The van der Waals surface area contributed by atoms with Crippen LogP contribution >= 0.6 is 0 Å². The van der Waals surface area contributed by atoms with Gasteiger partial charge in [0.25, 0.3) is 5.56 Å². The summed E-state index contributed by atoms with van der Waals surface area (Å²) in [5.74, 6) is -1.71. The molecule has 1 aliphatic heterocycles. The molecule has 0 saturated carbocycles. The Labute approximate surface area is 143 Å². The number of rotatable bonds is 4. The largest absolute Gasteiger partial charge is 0.338 e. The first kappa shape index (κ1) is 17.3. The molecule has 7 heteroatoms. The number of nitrogens with zero attached hydrogens (tertiary/aromatic N) is 2. The first-order valence-electron chi connectivity index (χ1n) is 8.35. The molecule has 0 atom stereocenters. The molecule has 5 nitrogen and oxygen atoms in total. The van der Waals surface area contributed by atoms with Gasteiger partial charge in [0.1, 0.15) is 5.82 Å². The van der Waals surface area contributed by atoms with Crippen LogP contribution in [0.4, 0.5) is 8.78 Å². The molecule has 3 rings (SSSR count). The predicted octanol–water partition coefficient (Wildman–Crippen LogP) is 2.79. The average Bonchev–Trinajstić information content (AvgIpc) is 2.61. The van der Waals surface area contributed by atoms with Crippen LogP contribution in [-0.4, -0.2) is 27.3 Å². The van der Waals surface area contributed by atoms with E-state index in [1.54, 1.807) is 4.90 Å². The lowest BCUT2D eigenvalue weighted by atomic mass is 10.1. The summed E-state index contributed by atoms with van der Waals surface area (Å²) in [5, 5.41) is 0. The van der Waals surface area contributed by atoms with Gasteiger partial charge < -0.3 is 9.88 Å². The van der Waals surface area contributed by atoms with Crippen molar-refractivity contribution in [2.75, 3.05) is 6.54 Å². The number of unbranched alkanes of at least 4 members (excludes halogenated alkanes) is 1. The maximum absolute atomic E-state index is 13.4. The summed E-state index contributed by atoms with van der Waals surface area (Å²) in [7, 11) is 0. The zero-order chi connectivity index (χ0) is 18.0. The van der Waals surface area contributed by atoms with Gasteiger partial charge in [0.15, 0.2) is 11.6 Å². The first-order chi connectivity index (χ1) is 12.0. The predicted molar refractivity (Wildman–Crippen MR) is 88.9 cm³/mol. The minimum atomic E-state index is -0.995. The first-order valence-corrected chi connectivity index (χ1v) is 8.35. The van der Waals surface area contributed by atoms with Crippen LogP contribution in [0.5, 0.6) is 0 Å². The summed E-state index contributed by atoms with van der Waals surface area (Å²) in [6.07, 6.45) is 2.71. The fourth-order valence-corrected chi connectivity index (χ4v) is 2.90. The number of hydrogen-bond acceptors (Lipinski definition) is 3. The summed E-state index contributed by atoms with van der Waals surface area (Å²) in [5.41, 5.74) is 1.02. The van der Waals surface area contributed by atoms with Crippen LogP contribution in [0, 0.1) is 11.6 Å². The lowest BCUT2D eigenvalue weighted by Crippen LogP contribution is -2.39. The second-order valence-corrected chi connectivity index (χ2v) is 6.14. The van der Waals surface area contributed by atoms with E-state index < -0.39 is 11.6 Å². The van der Waals surface area contributed by atoms with E-state index in [-0.39, 0.29) is 23.8 Å². The number of halogens is 2. The molecule has 132 valence electrons. The van der Waals surface area contributed by atoms with Gasteiger partial charge in [-0.05, 0) is 24.6 Å². The van der Waals surface area contributed by atoms with Gasteiger partial charge in [0, 0.05) is 24.9 Å². The Hall–Kier alpha value is -2.57. The quantitative estimate of drug-likeness (QED) is 0.925. The molecular weight excluding hydrogens is 328 g/mol. The van der Waals surface area contributed by atoms with Crippen LogP contribution in [0.25, 0.3) is 11.4 Å². The van der Waals surface area contributed by atoms with E-state index >= 15 is 0 Å². The van der Waals surface area contributed by atoms with Crippen molar-refractivity contribution < 1.29 is 13.6 Å². The van der Waals surface area contributed by atoms with E-state index in [4.69, 9.17) is 0 Å².